The molecule has 108 valence electrons. The summed E-state index contributed by atoms with van der Waals surface area (Å²) in [6.07, 6.45) is -4.84. The predicted octanol–water partition coefficient (Wildman–Crippen LogP) is 4.09. The first-order chi connectivity index (χ1) is 9.15. The Bertz CT molecular complexity index is 559. The topological polar surface area (TPSA) is 38.7 Å². The number of allylic oxidation sites excluding steroid dienone is 2. The fourth-order valence-electron chi connectivity index (χ4n) is 1.46. The summed E-state index contributed by atoms with van der Waals surface area (Å²) in [5.41, 5.74) is -0.793. The number of hydrogen-bond acceptors (Lipinski definition) is 3. The van der Waals surface area contributed by atoms with Crippen molar-refractivity contribution in [2.75, 3.05) is 0 Å². The first-order valence-electron chi connectivity index (χ1n) is 5.39. The van der Waals surface area contributed by atoms with Gasteiger partial charge in [-0.1, -0.05) is 11.6 Å². The van der Waals surface area contributed by atoms with Gasteiger partial charge in [-0.3, -0.25) is 9.79 Å². The Labute approximate surface area is 118 Å². The molecule has 0 saturated carbocycles. The number of halogens is 4. The van der Waals surface area contributed by atoms with Gasteiger partial charge in [0.25, 0.3) is 0 Å². The Morgan fingerprint density at radius 3 is 2.35 bits per heavy atom. The molecule has 0 spiro atoms. The zero-order chi connectivity index (χ0) is 15.5. The van der Waals surface area contributed by atoms with Crippen LogP contribution in [0.25, 0.3) is 0 Å². The summed E-state index contributed by atoms with van der Waals surface area (Å²) in [5, 5.41) is 0.281. The Balaban J connectivity index is 3.32. The molecule has 1 aromatic carbocycles. The number of alkyl halides is 3. The van der Waals surface area contributed by atoms with Crippen LogP contribution in [0.3, 0.4) is 0 Å². The number of aryl methyl sites for hydroxylation is 1. The van der Waals surface area contributed by atoms with Crippen LogP contribution in [0.4, 0.5) is 13.2 Å². The monoisotopic (exact) mass is 305 g/mol. The molecule has 0 aliphatic heterocycles. The molecule has 1 aromatic rings. The Morgan fingerprint density at radius 1 is 1.35 bits per heavy atom. The summed E-state index contributed by atoms with van der Waals surface area (Å²) in [6.45, 7) is 5.46. The molecule has 0 aromatic heterocycles. The summed E-state index contributed by atoms with van der Waals surface area (Å²) in [5.74, 6) is -1.82. The average molecular weight is 306 g/mol. The Morgan fingerprint density at radius 2 is 1.95 bits per heavy atom. The first-order valence-corrected chi connectivity index (χ1v) is 5.77. The third-order valence-corrected chi connectivity index (χ3v) is 2.42. The molecule has 0 fully saturated rings. The molecule has 7 heteroatoms. The van der Waals surface area contributed by atoms with Crippen molar-refractivity contribution >= 4 is 24.1 Å². The lowest BCUT2D eigenvalue weighted by atomic mass is 10.2. The van der Waals surface area contributed by atoms with Crippen molar-refractivity contribution in [3.05, 3.63) is 40.2 Å². The van der Waals surface area contributed by atoms with Crippen molar-refractivity contribution < 1.29 is 22.7 Å². The molecule has 0 atom stereocenters. The largest absolute Gasteiger partial charge is 0.451 e. The van der Waals surface area contributed by atoms with Crippen molar-refractivity contribution in [3.63, 3.8) is 0 Å². The van der Waals surface area contributed by atoms with Gasteiger partial charge in [0.05, 0.1) is 0 Å². The maximum Gasteiger partial charge on any atom is 0.437 e. The summed E-state index contributed by atoms with van der Waals surface area (Å²) < 4.78 is 43.2. The molecule has 0 heterocycles. The number of carbonyl (C=O) groups excluding carboxylic acids is 1. The second kappa shape index (κ2) is 6.09. The molecule has 0 unspecified atom stereocenters. The van der Waals surface area contributed by atoms with Gasteiger partial charge in [0.15, 0.2) is 11.5 Å². The standard InChI is InChI=1S/C13H11ClF3NO2/c1-7-4-9(14)6-10(5-7)20-11(8(2)19)12(18-3)13(15,16)17/h4-6H,3H2,1-2H3. The van der Waals surface area contributed by atoms with Crippen LogP contribution in [0.15, 0.2) is 34.6 Å². The zero-order valence-corrected chi connectivity index (χ0v) is 11.5. The fraction of sp³-hybridized carbons (Fsp3) is 0.231. The van der Waals surface area contributed by atoms with Gasteiger partial charge in [-0.15, -0.1) is 0 Å². The van der Waals surface area contributed by atoms with E-state index in [0.29, 0.717) is 5.56 Å². The van der Waals surface area contributed by atoms with Crippen molar-refractivity contribution in [1.82, 2.24) is 0 Å². The Hall–Kier alpha value is -1.82. The van der Waals surface area contributed by atoms with Crippen molar-refractivity contribution in [3.8, 4) is 5.75 Å². The number of carbonyl (C=O) groups is 1. The fourth-order valence-corrected chi connectivity index (χ4v) is 1.74. The highest BCUT2D eigenvalue weighted by Crippen LogP contribution is 2.31. The van der Waals surface area contributed by atoms with Gasteiger partial charge in [0, 0.05) is 11.9 Å². The molecule has 20 heavy (non-hydrogen) atoms. The molecule has 0 N–H and O–H groups in total. The van der Waals surface area contributed by atoms with Crippen LogP contribution >= 0.6 is 11.6 Å². The first kappa shape index (κ1) is 16.2. The number of aliphatic imine (C=N–C) groups is 1. The van der Waals surface area contributed by atoms with Crippen LogP contribution in [0.5, 0.6) is 5.75 Å². The number of nitrogens with zero attached hydrogens (tertiary/aromatic N) is 1. The lowest BCUT2D eigenvalue weighted by molar-refractivity contribution is -0.118. The molecule has 3 nitrogen and oxygen atoms in total. The average Bonchev–Trinajstić information content (AvgIpc) is 2.25. The second-order valence-corrected chi connectivity index (χ2v) is 4.39. The van der Waals surface area contributed by atoms with E-state index in [0.717, 1.165) is 6.92 Å². The summed E-state index contributed by atoms with van der Waals surface area (Å²) in [7, 11) is 0. The van der Waals surface area contributed by atoms with E-state index in [1.165, 1.54) is 12.1 Å². The number of benzene rings is 1. The quantitative estimate of drug-likeness (QED) is 0.477. The van der Waals surface area contributed by atoms with Crippen molar-refractivity contribution in [2.45, 2.75) is 20.0 Å². The minimum absolute atomic E-state index is 0.0191. The maximum absolute atomic E-state index is 12.7. The van der Waals surface area contributed by atoms with Crippen LogP contribution in [0.1, 0.15) is 12.5 Å². The lowest BCUT2D eigenvalue weighted by Crippen LogP contribution is -2.19. The number of ketones is 1. The van der Waals surface area contributed by atoms with Gasteiger partial charge in [0.2, 0.25) is 5.76 Å². The van der Waals surface area contributed by atoms with E-state index in [1.54, 1.807) is 13.0 Å². The van der Waals surface area contributed by atoms with E-state index in [4.69, 9.17) is 16.3 Å². The summed E-state index contributed by atoms with van der Waals surface area (Å²) >= 11 is 5.78. The summed E-state index contributed by atoms with van der Waals surface area (Å²) in [4.78, 5) is 14.2. The highest BCUT2D eigenvalue weighted by Gasteiger charge is 2.38. The summed E-state index contributed by atoms with van der Waals surface area (Å²) in [6, 6.07) is 4.35. The van der Waals surface area contributed by atoms with Crippen molar-refractivity contribution in [2.24, 2.45) is 4.99 Å². The molecule has 0 radical (unpaired) electrons. The highest BCUT2D eigenvalue weighted by molar-refractivity contribution is 6.30. The minimum atomic E-state index is -4.84. The normalized spacial score (nSPS) is 12.7. The molecule has 0 bridgehead atoms. The smallest absolute Gasteiger partial charge is 0.437 e. The Kier molecular flexibility index (Phi) is 4.94. The molecule has 0 aliphatic rings. The molecule has 0 aliphatic carbocycles. The third-order valence-electron chi connectivity index (χ3n) is 2.20. The lowest BCUT2D eigenvalue weighted by Gasteiger charge is -2.13. The maximum atomic E-state index is 12.7. The van der Waals surface area contributed by atoms with Crippen LogP contribution < -0.4 is 4.74 Å². The minimum Gasteiger partial charge on any atom is -0.451 e. The van der Waals surface area contributed by atoms with Crippen molar-refractivity contribution in [1.29, 1.82) is 0 Å². The van der Waals surface area contributed by atoms with E-state index in [2.05, 4.69) is 11.7 Å². The number of hydrogen-bond donors (Lipinski definition) is 0. The molecular weight excluding hydrogens is 295 g/mol. The van der Waals surface area contributed by atoms with Gasteiger partial charge >= 0.3 is 6.18 Å². The third kappa shape index (κ3) is 4.09. The van der Waals surface area contributed by atoms with E-state index < -0.39 is 23.4 Å². The van der Waals surface area contributed by atoms with Crippen LogP contribution in [-0.2, 0) is 4.79 Å². The van der Waals surface area contributed by atoms with Gasteiger partial charge < -0.3 is 4.74 Å². The zero-order valence-electron chi connectivity index (χ0n) is 10.7. The highest BCUT2D eigenvalue weighted by atomic mass is 35.5. The number of Topliss-reactive ketones (excluding diaryl/α,β-unsaturated/α-hetero) is 1. The van der Waals surface area contributed by atoms with Gasteiger partial charge in [-0.05, 0) is 37.4 Å². The van der Waals surface area contributed by atoms with Crippen LogP contribution in [-0.4, -0.2) is 18.7 Å². The molecule has 0 saturated heterocycles. The number of ether oxygens (including phenoxy) is 1. The van der Waals surface area contributed by atoms with Gasteiger partial charge in [0.1, 0.15) is 5.75 Å². The molecule has 1 rings (SSSR count). The van der Waals surface area contributed by atoms with Crippen LogP contribution in [0.2, 0.25) is 5.02 Å². The van der Waals surface area contributed by atoms with E-state index in [1.807, 2.05) is 0 Å². The SMILES string of the molecule is C=NC(=C(Oc1cc(C)cc(Cl)c1)C(C)=O)C(F)(F)F. The predicted molar refractivity (Wildman–Crippen MR) is 70.1 cm³/mol. The van der Waals surface area contributed by atoms with E-state index in [9.17, 15) is 18.0 Å². The molecular formula is C13H11ClF3NO2. The second-order valence-electron chi connectivity index (χ2n) is 3.96. The molecule has 0 amide bonds. The number of rotatable bonds is 4. The van der Waals surface area contributed by atoms with E-state index >= 15 is 0 Å². The van der Waals surface area contributed by atoms with Gasteiger partial charge in [-0.2, -0.15) is 13.2 Å². The van der Waals surface area contributed by atoms with E-state index in [-0.39, 0.29) is 10.8 Å². The van der Waals surface area contributed by atoms with Crippen LogP contribution in [0, 0.1) is 6.92 Å². The van der Waals surface area contributed by atoms with Gasteiger partial charge in [-0.25, -0.2) is 0 Å².